The lowest BCUT2D eigenvalue weighted by Gasteiger charge is -2.22. The smallest absolute Gasteiger partial charge is 0.344 e. The van der Waals surface area contributed by atoms with Crippen LogP contribution in [0.2, 0.25) is 0 Å². The van der Waals surface area contributed by atoms with Gasteiger partial charge in [0, 0.05) is 13.1 Å². The Bertz CT molecular complexity index is 486. The number of amides is 1. The van der Waals surface area contributed by atoms with Gasteiger partial charge in [0.1, 0.15) is 5.75 Å². The highest BCUT2D eigenvalue weighted by molar-refractivity contribution is 5.83. The summed E-state index contributed by atoms with van der Waals surface area (Å²) in [5.74, 6) is -0.406. The summed E-state index contributed by atoms with van der Waals surface area (Å²) >= 11 is 0. The summed E-state index contributed by atoms with van der Waals surface area (Å²) in [5.41, 5.74) is 6.14. The zero-order valence-corrected chi connectivity index (χ0v) is 12.7. The van der Waals surface area contributed by atoms with E-state index in [1.54, 1.807) is 36.1 Å². The van der Waals surface area contributed by atoms with Crippen molar-refractivity contribution >= 4 is 17.6 Å². The number of nitrogen functional groups attached to an aromatic ring is 1. The molecule has 0 heterocycles. The van der Waals surface area contributed by atoms with Gasteiger partial charge in [0.25, 0.3) is 5.91 Å². The first-order valence-electron chi connectivity index (χ1n) is 6.95. The number of anilines is 1. The first-order valence-corrected chi connectivity index (χ1v) is 6.95. The SMILES string of the molecule is CCN(CC)C(=O)C(C)OC(=O)COc1ccccc1N. The lowest BCUT2D eigenvalue weighted by Crippen LogP contribution is -2.40. The zero-order valence-electron chi connectivity index (χ0n) is 12.7. The van der Waals surface area contributed by atoms with E-state index in [1.165, 1.54) is 0 Å². The number of esters is 1. The number of carbonyl (C=O) groups excluding carboxylic acids is 2. The molecule has 0 aromatic heterocycles. The fraction of sp³-hybridized carbons (Fsp3) is 0.467. The Hall–Kier alpha value is -2.24. The Balaban J connectivity index is 2.47. The molecule has 0 fully saturated rings. The third-order valence-corrected chi connectivity index (χ3v) is 3.00. The monoisotopic (exact) mass is 294 g/mol. The van der Waals surface area contributed by atoms with Crippen molar-refractivity contribution in [2.24, 2.45) is 0 Å². The molecule has 6 heteroatoms. The first-order chi connectivity index (χ1) is 9.99. The summed E-state index contributed by atoms with van der Waals surface area (Å²) in [6, 6.07) is 6.86. The fourth-order valence-electron chi connectivity index (χ4n) is 1.82. The summed E-state index contributed by atoms with van der Waals surface area (Å²) in [7, 11) is 0. The van der Waals surface area contributed by atoms with Gasteiger partial charge in [-0.05, 0) is 32.9 Å². The van der Waals surface area contributed by atoms with Gasteiger partial charge in [0.05, 0.1) is 5.69 Å². The number of rotatable bonds is 7. The fourth-order valence-corrected chi connectivity index (χ4v) is 1.82. The predicted octanol–water partition coefficient (Wildman–Crippen LogP) is 1.45. The molecule has 1 atom stereocenters. The van der Waals surface area contributed by atoms with Gasteiger partial charge in [0.15, 0.2) is 12.7 Å². The van der Waals surface area contributed by atoms with Crippen molar-refractivity contribution in [3.63, 3.8) is 0 Å². The Morgan fingerprint density at radius 3 is 2.43 bits per heavy atom. The molecule has 0 aliphatic carbocycles. The van der Waals surface area contributed by atoms with Crippen LogP contribution in [-0.4, -0.2) is 42.6 Å². The average Bonchev–Trinajstić information content (AvgIpc) is 2.47. The van der Waals surface area contributed by atoms with E-state index in [0.717, 1.165) is 0 Å². The third kappa shape index (κ3) is 4.98. The predicted molar refractivity (Wildman–Crippen MR) is 79.8 cm³/mol. The summed E-state index contributed by atoms with van der Waals surface area (Å²) in [6.07, 6.45) is -0.825. The van der Waals surface area contributed by atoms with Gasteiger partial charge in [-0.1, -0.05) is 12.1 Å². The molecule has 0 aliphatic rings. The molecule has 0 bridgehead atoms. The van der Waals surface area contributed by atoms with E-state index in [1.807, 2.05) is 13.8 Å². The second-order valence-corrected chi connectivity index (χ2v) is 4.47. The molecule has 1 amide bonds. The molecule has 0 saturated carbocycles. The van der Waals surface area contributed by atoms with Crippen molar-refractivity contribution in [1.29, 1.82) is 0 Å². The standard InChI is InChI=1S/C15H22N2O4/c1-4-17(5-2)15(19)11(3)21-14(18)10-20-13-9-7-6-8-12(13)16/h6-9,11H,4-5,10,16H2,1-3H3. The highest BCUT2D eigenvalue weighted by Gasteiger charge is 2.22. The minimum absolute atomic E-state index is 0.215. The van der Waals surface area contributed by atoms with Crippen LogP contribution in [-0.2, 0) is 14.3 Å². The zero-order chi connectivity index (χ0) is 15.8. The Morgan fingerprint density at radius 1 is 1.24 bits per heavy atom. The molecule has 0 spiro atoms. The highest BCUT2D eigenvalue weighted by atomic mass is 16.6. The summed E-state index contributed by atoms with van der Waals surface area (Å²) < 4.78 is 10.3. The van der Waals surface area contributed by atoms with Crippen LogP contribution in [0.25, 0.3) is 0 Å². The van der Waals surface area contributed by atoms with E-state index >= 15 is 0 Å². The van der Waals surface area contributed by atoms with Crippen molar-refractivity contribution in [2.75, 3.05) is 25.4 Å². The van der Waals surface area contributed by atoms with Crippen LogP contribution in [0, 0.1) is 0 Å². The van der Waals surface area contributed by atoms with Crippen LogP contribution in [0.15, 0.2) is 24.3 Å². The van der Waals surface area contributed by atoms with Gasteiger partial charge in [0.2, 0.25) is 0 Å². The number of benzene rings is 1. The molecule has 2 N–H and O–H groups in total. The van der Waals surface area contributed by atoms with Crippen LogP contribution in [0.1, 0.15) is 20.8 Å². The van der Waals surface area contributed by atoms with E-state index in [-0.39, 0.29) is 12.5 Å². The summed E-state index contributed by atoms with van der Waals surface area (Å²) in [5, 5.41) is 0. The molecule has 1 rings (SSSR count). The minimum atomic E-state index is -0.825. The number of hydrogen-bond acceptors (Lipinski definition) is 5. The maximum absolute atomic E-state index is 12.0. The van der Waals surface area contributed by atoms with Gasteiger partial charge in [-0.15, -0.1) is 0 Å². The van der Waals surface area contributed by atoms with Crippen molar-refractivity contribution in [1.82, 2.24) is 4.90 Å². The second kappa shape index (κ2) is 8.14. The Labute approximate surface area is 124 Å². The molecule has 6 nitrogen and oxygen atoms in total. The quantitative estimate of drug-likeness (QED) is 0.608. The van der Waals surface area contributed by atoms with Crippen molar-refractivity contribution < 1.29 is 19.1 Å². The van der Waals surface area contributed by atoms with E-state index < -0.39 is 12.1 Å². The van der Waals surface area contributed by atoms with E-state index in [4.69, 9.17) is 15.2 Å². The number of nitrogens with zero attached hydrogens (tertiary/aromatic N) is 1. The molecule has 1 unspecified atom stereocenters. The molecule has 1 aromatic carbocycles. The highest BCUT2D eigenvalue weighted by Crippen LogP contribution is 2.19. The molecule has 0 aliphatic heterocycles. The largest absolute Gasteiger partial charge is 0.480 e. The number of likely N-dealkylation sites (N-methyl/N-ethyl adjacent to an activating group) is 1. The van der Waals surface area contributed by atoms with Crippen LogP contribution in [0.3, 0.4) is 0 Å². The maximum atomic E-state index is 12.0. The van der Waals surface area contributed by atoms with E-state index in [2.05, 4.69) is 0 Å². The molecular weight excluding hydrogens is 272 g/mol. The van der Waals surface area contributed by atoms with Crippen LogP contribution >= 0.6 is 0 Å². The lowest BCUT2D eigenvalue weighted by molar-refractivity contribution is -0.160. The third-order valence-electron chi connectivity index (χ3n) is 3.00. The minimum Gasteiger partial charge on any atom is -0.480 e. The molecule has 116 valence electrons. The van der Waals surface area contributed by atoms with E-state index in [9.17, 15) is 9.59 Å². The van der Waals surface area contributed by atoms with Crippen molar-refractivity contribution in [2.45, 2.75) is 26.9 Å². The van der Waals surface area contributed by atoms with Gasteiger partial charge in [-0.2, -0.15) is 0 Å². The maximum Gasteiger partial charge on any atom is 0.344 e. The van der Waals surface area contributed by atoms with E-state index in [0.29, 0.717) is 24.5 Å². The number of carbonyl (C=O) groups is 2. The van der Waals surface area contributed by atoms with Gasteiger partial charge >= 0.3 is 5.97 Å². The molecule has 0 saturated heterocycles. The first kappa shape index (κ1) is 16.8. The molecule has 21 heavy (non-hydrogen) atoms. The van der Waals surface area contributed by atoms with Crippen molar-refractivity contribution in [3.8, 4) is 5.75 Å². The van der Waals surface area contributed by atoms with Gasteiger partial charge < -0.3 is 20.1 Å². The van der Waals surface area contributed by atoms with Gasteiger partial charge in [-0.3, -0.25) is 4.79 Å². The lowest BCUT2D eigenvalue weighted by atomic mass is 10.3. The van der Waals surface area contributed by atoms with Crippen LogP contribution in [0.5, 0.6) is 5.75 Å². The Morgan fingerprint density at radius 2 is 1.86 bits per heavy atom. The number of hydrogen-bond donors (Lipinski definition) is 1. The summed E-state index contributed by atoms with van der Waals surface area (Å²) in [6.45, 7) is 6.16. The molecule has 0 radical (unpaired) electrons. The average molecular weight is 294 g/mol. The van der Waals surface area contributed by atoms with Crippen LogP contribution in [0.4, 0.5) is 5.69 Å². The van der Waals surface area contributed by atoms with Crippen LogP contribution < -0.4 is 10.5 Å². The molecule has 1 aromatic rings. The number of ether oxygens (including phenoxy) is 2. The Kier molecular flexibility index (Phi) is 6.52. The van der Waals surface area contributed by atoms with Gasteiger partial charge in [-0.25, -0.2) is 4.79 Å². The topological polar surface area (TPSA) is 81.9 Å². The molecular formula is C15H22N2O4. The summed E-state index contributed by atoms with van der Waals surface area (Å²) in [4.78, 5) is 25.2. The number of para-hydroxylation sites is 2. The second-order valence-electron chi connectivity index (χ2n) is 4.47. The normalized spacial score (nSPS) is 11.6. The van der Waals surface area contributed by atoms with Crippen molar-refractivity contribution in [3.05, 3.63) is 24.3 Å². The number of nitrogens with two attached hydrogens (primary N) is 1.